The van der Waals surface area contributed by atoms with Crippen molar-refractivity contribution in [2.24, 2.45) is 5.92 Å². The highest BCUT2D eigenvalue weighted by molar-refractivity contribution is 8.93. The van der Waals surface area contributed by atoms with Gasteiger partial charge in [-0.2, -0.15) is 0 Å². The molecule has 1 unspecified atom stereocenters. The van der Waals surface area contributed by atoms with E-state index in [0.29, 0.717) is 29.6 Å². The van der Waals surface area contributed by atoms with Crippen molar-refractivity contribution in [2.45, 2.75) is 45.6 Å². The summed E-state index contributed by atoms with van der Waals surface area (Å²) in [6, 6.07) is 5.11. The van der Waals surface area contributed by atoms with Crippen LogP contribution < -0.4 is 20.2 Å². The van der Waals surface area contributed by atoms with Crippen LogP contribution in [0.1, 0.15) is 49.9 Å². The number of anilines is 1. The zero-order valence-electron chi connectivity index (χ0n) is 17.9. The first-order chi connectivity index (χ1) is 14.2. The molecule has 8 nitrogen and oxygen atoms in total. The first-order valence-corrected chi connectivity index (χ1v) is 12.2. The van der Waals surface area contributed by atoms with Gasteiger partial charge in [0, 0.05) is 18.3 Å². The first kappa shape index (κ1) is 25.3. The normalized spacial score (nSPS) is 15.8. The summed E-state index contributed by atoms with van der Waals surface area (Å²) in [5.41, 5.74) is 0.346. The van der Waals surface area contributed by atoms with Crippen LogP contribution in [0.5, 0.6) is 11.5 Å². The topological polar surface area (TPSA) is 111 Å². The Morgan fingerprint density at radius 1 is 1.19 bits per heavy atom. The smallest absolute Gasteiger partial charge is 0.257 e. The Balaban J connectivity index is 0.00000341. The zero-order chi connectivity index (χ0) is 21.7. The molecule has 0 saturated heterocycles. The molecule has 1 atom stereocenters. The summed E-state index contributed by atoms with van der Waals surface area (Å²) in [5, 5.41) is 2.65. The lowest BCUT2D eigenvalue weighted by atomic mass is 10.1. The number of nitrogens with zero attached hydrogens (tertiary/aromatic N) is 2. The van der Waals surface area contributed by atoms with Gasteiger partial charge in [0.15, 0.2) is 5.82 Å². The minimum Gasteiger partial charge on any atom is -0.493 e. The van der Waals surface area contributed by atoms with Crippen molar-refractivity contribution >= 4 is 41.5 Å². The van der Waals surface area contributed by atoms with Gasteiger partial charge in [-0.05, 0) is 44.7 Å². The molecule has 1 aromatic carbocycles. The molecular weight excluding hydrogens is 485 g/mol. The molecule has 1 heterocycles. The molecular formula is C21H29BrN3O5P. The Bertz CT molecular complexity index is 927. The summed E-state index contributed by atoms with van der Waals surface area (Å²) in [7, 11) is -3.49. The van der Waals surface area contributed by atoms with Crippen molar-refractivity contribution in [3.05, 3.63) is 36.2 Å². The molecule has 1 fully saturated rings. The van der Waals surface area contributed by atoms with E-state index in [2.05, 4.69) is 15.3 Å². The van der Waals surface area contributed by atoms with Crippen LogP contribution in [0.2, 0.25) is 0 Å². The van der Waals surface area contributed by atoms with Crippen molar-refractivity contribution in [1.82, 2.24) is 9.97 Å². The van der Waals surface area contributed by atoms with Crippen molar-refractivity contribution in [3.63, 3.8) is 0 Å². The van der Waals surface area contributed by atoms with Gasteiger partial charge in [-0.1, -0.05) is 12.8 Å². The van der Waals surface area contributed by atoms with Gasteiger partial charge >= 0.3 is 0 Å². The van der Waals surface area contributed by atoms with Crippen molar-refractivity contribution in [3.8, 4) is 11.5 Å². The first-order valence-electron chi connectivity index (χ1n) is 10.1. The monoisotopic (exact) mass is 513 g/mol. The zero-order valence-corrected chi connectivity index (χ0v) is 20.5. The minimum absolute atomic E-state index is 0. The van der Waals surface area contributed by atoms with Crippen molar-refractivity contribution < 1.29 is 23.7 Å². The Morgan fingerprint density at radius 3 is 2.45 bits per heavy atom. The molecule has 170 valence electrons. The van der Waals surface area contributed by atoms with Gasteiger partial charge in [0.1, 0.15) is 16.9 Å². The summed E-state index contributed by atoms with van der Waals surface area (Å²) in [4.78, 5) is 30.2. The van der Waals surface area contributed by atoms with E-state index in [9.17, 15) is 14.3 Å². The Kier molecular flexibility index (Phi) is 9.03. The molecule has 2 N–H and O–H groups in total. The van der Waals surface area contributed by atoms with Crippen molar-refractivity contribution in [2.75, 3.05) is 18.6 Å². The van der Waals surface area contributed by atoms with Crippen molar-refractivity contribution in [1.29, 1.82) is 0 Å². The number of nitrogens with one attached hydrogen (secondary N) is 1. The average Bonchev–Trinajstić information content (AvgIpc) is 3.19. The van der Waals surface area contributed by atoms with Gasteiger partial charge in [-0.25, -0.2) is 9.97 Å². The number of aromatic nitrogens is 2. The van der Waals surface area contributed by atoms with E-state index in [1.807, 2.05) is 13.8 Å². The average molecular weight is 514 g/mol. The van der Waals surface area contributed by atoms with E-state index in [0.717, 1.165) is 0 Å². The van der Waals surface area contributed by atoms with Gasteiger partial charge in [0.25, 0.3) is 5.91 Å². The lowest BCUT2D eigenvalue weighted by Gasteiger charge is -2.16. The van der Waals surface area contributed by atoms with E-state index in [-0.39, 0.29) is 34.3 Å². The predicted octanol–water partition coefficient (Wildman–Crippen LogP) is 4.19. The molecule has 0 aliphatic heterocycles. The van der Waals surface area contributed by atoms with Crippen LogP contribution in [-0.4, -0.2) is 40.1 Å². The Morgan fingerprint density at radius 2 is 1.87 bits per heavy atom. The molecule has 1 aliphatic carbocycles. The molecule has 1 saturated carbocycles. The number of ether oxygens (including phenoxy) is 2. The van der Waals surface area contributed by atoms with Gasteiger partial charge in [-0.3, -0.25) is 9.36 Å². The highest BCUT2D eigenvalue weighted by Gasteiger charge is 2.18. The minimum atomic E-state index is -3.49. The van der Waals surface area contributed by atoms with E-state index >= 15 is 0 Å². The fourth-order valence-corrected chi connectivity index (χ4v) is 3.85. The van der Waals surface area contributed by atoms with Crippen LogP contribution in [0.25, 0.3) is 0 Å². The standard InChI is InChI=1S/C21H28N3O5P.BrH/c1-14(2)29-18-9-16(8-17(10-18)28-13-15-6-4-5-7-15)21(25)24-19-11-23-20(12-22-19)30(3,26)27;/h8-12,14-15H,4-7,13H2,1-3H3,(H,26,27)(H,22,24,25);1H. The highest BCUT2D eigenvalue weighted by atomic mass is 79.9. The number of hydrogen-bond donors (Lipinski definition) is 2. The lowest BCUT2D eigenvalue weighted by Crippen LogP contribution is -2.17. The quantitative estimate of drug-likeness (QED) is 0.509. The van der Waals surface area contributed by atoms with Crippen LogP contribution in [-0.2, 0) is 4.57 Å². The number of hydrogen-bond acceptors (Lipinski definition) is 6. The Hall–Kier alpha value is -1.96. The van der Waals surface area contributed by atoms with Gasteiger partial charge in [-0.15, -0.1) is 17.0 Å². The van der Waals surface area contributed by atoms with Crippen LogP contribution in [0.15, 0.2) is 30.6 Å². The second-order valence-corrected chi connectivity index (χ2v) is 10.1. The largest absolute Gasteiger partial charge is 0.493 e. The summed E-state index contributed by atoms with van der Waals surface area (Å²) in [6.45, 7) is 5.63. The highest BCUT2D eigenvalue weighted by Crippen LogP contribution is 2.32. The summed E-state index contributed by atoms with van der Waals surface area (Å²) in [6.07, 6.45) is 7.21. The Labute approximate surface area is 193 Å². The number of carbonyl (C=O) groups excluding carboxylic acids is 1. The lowest BCUT2D eigenvalue weighted by molar-refractivity contribution is 0.102. The summed E-state index contributed by atoms with van der Waals surface area (Å²) >= 11 is 0. The molecule has 2 aromatic rings. The summed E-state index contributed by atoms with van der Waals surface area (Å²) < 4.78 is 23.4. The number of amides is 1. The van der Waals surface area contributed by atoms with Gasteiger partial charge < -0.3 is 19.7 Å². The number of benzene rings is 1. The fourth-order valence-electron chi connectivity index (χ4n) is 3.31. The van der Waals surface area contributed by atoms with Crippen LogP contribution in [0, 0.1) is 5.92 Å². The van der Waals surface area contributed by atoms with E-state index in [1.54, 1.807) is 18.2 Å². The molecule has 0 spiro atoms. The van der Waals surface area contributed by atoms with Gasteiger partial charge in [0.05, 0.1) is 25.1 Å². The SMILES string of the molecule is Br.CC(C)Oc1cc(OCC2CCCC2)cc(C(=O)Nc2cnc(P(C)(=O)O)cn2)c1. The maximum Gasteiger partial charge on any atom is 0.257 e. The van der Waals surface area contributed by atoms with Crippen LogP contribution in [0.4, 0.5) is 5.82 Å². The van der Waals surface area contributed by atoms with Crippen LogP contribution >= 0.6 is 24.4 Å². The molecule has 1 aliphatic rings. The van der Waals surface area contributed by atoms with E-state index in [4.69, 9.17) is 9.47 Å². The number of rotatable bonds is 8. The van der Waals surface area contributed by atoms with Gasteiger partial charge in [0.2, 0.25) is 7.37 Å². The number of carbonyl (C=O) groups is 1. The molecule has 3 rings (SSSR count). The maximum absolute atomic E-state index is 12.8. The molecule has 1 aromatic heterocycles. The molecule has 0 bridgehead atoms. The van der Waals surface area contributed by atoms with E-state index in [1.165, 1.54) is 44.7 Å². The molecule has 31 heavy (non-hydrogen) atoms. The van der Waals surface area contributed by atoms with E-state index < -0.39 is 13.3 Å². The van der Waals surface area contributed by atoms with Crippen LogP contribution in [0.3, 0.4) is 0 Å². The third-order valence-corrected chi connectivity index (χ3v) is 5.86. The molecule has 10 heteroatoms. The third-order valence-electron chi connectivity index (χ3n) is 4.78. The summed E-state index contributed by atoms with van der Waals surface area (Å²) in [5.74, 6) is 1.46. The third kappa shape index (κ3) is 7.59. The maximum atomic E-state index is 12.8. The second-order valence-electron chi connectivity index (χ2n) is 7.91. The fraction of sp³-hybridized carbons (Fsp3) is 0.476. The molecule has 1 amide bonds. The molecule has 0 radical (unpaired) electrons. The number of halogens is 1. The second kappa shape index (κ2) is 11.1. The predicted molar refractivity (Wildman–Crippen MR) is 125 cm³/mol.